The number of amides is 2. The quantitative estimate of drug-likeness (QED) is 0.682. The average molecular weight is 355 g/mol. The average Bonchev–Trinajstić information content (AvgIpc) is 3.02. The summed E-state index contributed by atoms with van der Waals surface area (Å²) in [5.74, 6) is -0.365. The number of para-hydroxylation sites is 3. The highest BCUT2D eigenvalue weighted by Gasteiger charge is 2.16. The molecule has 0 saturated carbocycles. The van der Waals surface area contributed by atoms with Gasteiger partial charge in [0.2, 0.25) is 11.8 Å². The summed E-state index contributed by atoms with van der Waals surface area (Å²) in [6.07, 6.45) is 0.231. The molecule has 0 atom stereocenters. The molecule has 0 aliphatic heterocycles. The van der Waals surface area contributed by atoms with Gasteiger partial charge in [0, 0.05) is 25.6 Å². The number of anilines is 1. The van der Waals surface area contributed by atoms with Crippen molar-refractivity contribution in [2.24, 2.45) is 0 Å². The molecule has 3 rings (SSSR count). The van der Waals surface area contributed by atoms with Crippen LogP contribution in [0.4, 0.5) is 5.69 Å². The molecule has 2 aromatic carbocycles. The Hall–Kier alpha value is -2.80. The number of hydrogen-bond donors (Lipinski definition) is 1. The number of fused-ring (bicyclic) bond motifs is 1. The predicted molar refractivity (Wildman–Crippen MR) is 96.9 cm³/mol. The van der Waals surface area contributed by atoms with E-state index in [0.717, 1.165) is 17.5 Å². The lowest BCUT2D eigenvalue weighted by Gasteiger charge is -2.13. The zero-order valence-electron chi connectivity index (χ0n) is 13.6. The van der Waals surface area contributed by atoms with Gasteiger partial charge >= 0.3 is 0 Å². The fourth-order valence-electron chi connectivity index (χ4n) is 2.18. The lowest BCUT2D eigenvalue weighted by molar-refractivity contribution is -0.127. The van der Waals surface area contributed by atoms with Crippen molar-refractivity contribution in [3.8, 4) is 0 Å². The Labute approximate surface area is 149 Å². The number of carbonyl (C=O) groups is 2. The van der Waals surface area contributed by atoms with Crippen molar-refractivity contribution >= 4 is 40.5 Å². The third-order valence-electron chi connectivity index (χ3n) is 3.46. The van der Waals surface area contributed by atoms with Crippen LogP contribution in [0.15, 0.2) is 64.2 Å². The normalized spacial score (nSPS) is 10.6. The van der Waals surface area contributed by atoms with E-state index in [4.69, 9.17) is 4.42 Å². The van der Waals surface area contributed by atoms with Crippen LogP contribution < -0.4 is 5.32 Å². The number of benzene rings is 2. The van der Waals surface area contributed by atoms with Crippen LogP contribution in [0.3, 0.4) is 0 Å². The van der Waals surface area contributed by atoms with Crippen LogP contribution in [-0.2, 0) is 9.59 Å². The number of rotatable bonds is 6. The molecule has 0 radical (unpaired) electrons. The summed E-state index contributed by atoms with van der Waals surface area (Å²) in [7, 11) is 1.64. The molecular formula is C18H17N3O3S. The maximum absolute atomic E-state index is 12.2. The first kappa shape index (κ1) is 17.0. The second kappa shape index (κ2) is 7.85. The van der Waals surface area contributed by atoms with Gasteiger partial charge in [-0.05, 0) is 24.3 Å². The molecule has 128 valence electrons. The zero-order chi connectivity index (χ0) is 17.6. The number of hydrogen-bond acceptors (Lipinski definition) is 5. The number of carbonyl (C=O) groups excluding carboxylic acids is 2. The van der Waals surface area contributed by atoms with Crippen molar-refractivity contribution in [1.82, 2.24) is 9.29 Å². The number of nitrogens with zero attached hydrogens (tertiary/aromatic N) is 2. The minimum atomic E-state index is -0.195. The first-order chi connectivity index (χ1) is 12.1. The van der Waals surface area contributed by atoms with Crippen LogP contribution in [0.5, 0.6) is 0 Å². The second-order valence-electron chi connectivity index (χ2n) is 5.34. The van der Waals surface area contributed by atoms with Crippen LogP contribution in [0, 0.1) is 0 Å². The molecule has 1 heterocycles. The van der Waals surface area contributed by atoms with Crippen LogP contribution in [0.1, 0.15) is 12.8 Å². The summed E-state index contributed by atoms with van der Waals surface area (Å²) in [4.78, 5) is 28.4. The van der Waals surface area contributed by atoms with Gasteiger partial charge in [-0.2, -0.15) is 0 Å². The van der Waals surface area contributed by atoms with E-state index in [1.807, 2.05) is 42.5 Å². The largest absolute Gasteiger partial charge is 0.430 e. The molecule has 2 amide bonds. The highest BCUT2D eigenvalue weighted by atomic mass is 32.2. The van der Waals surface area contributed by atoms with E-state index < -0.39 is 0 Å². The maximum Gasteiger partial charge on any atom is 0.278 e. The molecule has 0 bridgehead atoms. The molecule has 1 aromatic heterocycles. The standard InChI is InChI=1S/C18H17N3O3S/c1-21(25-18-20-14-9-5-6-10-15(14)24-18)17(23)12-11-16(22)19-13-7-3-2-4-8-13/h2-10H,11-12H2,1H3,(H,19,22). The van der Waals surface area contributed by atoms with E-state index >= 15 is 0 Å². The Morgan fingerprint density at radius 2 is 1.80 bits per heavy atom. The van der Waals surface area contributed by atoms with Crippen LogP contribution in [-0.4, -0.2) is 28.2 Å². The minimum absolute atomic E-state index is 0.113. The molecule has 0 fully saturated rings. The van der Waals surface area contributed by atoms with Crippen LogP contribution in [0.2, 0.25) is 0 Å². The fourth-order valence-corrected chi connectivity index (χ4v) is 2.87. The lowest BCUT2D eigenvalue weighted by Crippen LogP contribution is -2.21. The molecule has 0 unspecified atom stereocenters. The molecule has 0 spiro atoms. The van der Waals surface area contributed by atoms with Gasteiger partial charge in [-0.1, -0.05) is 30.3 Å². The van der Waals surface area contributed by atoms with Crippen molar-refractivity contribution in [3.63, 3.8) is 0 Å². The summed E-state index contributed by atoms with van der Waals surface area (Å²) in [5.41, 5.74) is 2.13. The summed E-state index contributed by atoms with van der Waals surface area (Å²) in [6.45, 7) is 0. The molecular weight excluding hydrogens is 338 g/mol. The van der Waals surface area contributed by atoms with E-state index in [-0.39, 0.29) is 24.7 Å². The van der Waals surface area contributed by atoms with E-state index in [9.17, 15) is 9.59 Å². The van der Waals surface area contributed by atoms with E-state index in [0.29, 0.717) is 16.5 Å². The van der Waals surface area contributed by atoms with Gasteiger partial charge < -0.3 is 9.73 Å². The van der Waals surface area contributed by atoms with Crippen molar-refractivity contribution < 1.29 is 14.0 Å². The van der Waals surface area contributed by atoms with Gasteiger partial charge in [-0.3, -0.25) is 13.9 Å². The summed E-state index contributed by atoms with van der Waals surface area (Å²) >= 11 is 1.11. The highest BCUT2D eigenvalue weighted by Crippen LogP contribution is 2.25. The number of nitrogens with one attached hydrogen (secondary N) is 1. The van der Waals surface area contributed by atoms with Gasteiger partial charge in [0.1, 0.15) is 5.52 Å². The predicted octanol–water partition coefficient (Wildman–Crippen LogP) is 3.71. The van der Waals surface area contributed by atoms with Gasteiger partial charge in [0.15, 0.2) is 5.58 Å². The fraction of sp³-hybridized carbons (Fsp3) is 0.167. The topological polar surface area (TPSA) is 75.4 Å². The monoisotopic (exact) mass is 355 g/mol. The highest BCUT2D eigenvalue weighted by molar-refractivity contribution is 7.97. The second-order valence-corrected chi connectivity index (χ2v) is 6.42. The molecule has 0 saturated heterocycles. The molecule has 7 heteroatoms. The van der Waals surface area contributed by atoms with E-state index in [1.54, 1.807) is 19.2 Å². The lowest BCUT2D eigenvalue weighted by atomic mass is 10.2. The van der Waals surface area contributed by atoms with Gasteiger partial charge in [0.25, 0.3) is 5.22 Å². The Bertz CT molecular complexity index is 846. The summed E-state index contributed by atoms with van der Waals surface area (Å²) < 4.78 is 7.00. The number of aromatic nitrogens is 1. The zero-order valence-corrected chi connectivity index (χ0v) is 14.5. The van der Waals surface area contributed by atoms with Gasteiger partial charge in [-0.25, -0.2) is 4.98 Å². The Morgan fingerprint density at radius 3 is 2.56 bits per heavy atom. The SMILES string of the molecule is CN(Sc1nc2ccccc2o1)C(=O)CCC(=O)Nc1ccccc1. The molecule has 0 aliphatic carbocycles. The van der Waals surface area contributed by atoms with Crippen molar-refractivity contribution in [1.29, 1.82) is 0 Å². The third-order valence-corrected chi connectivity index (χ3v) is 4.27. The van der Waals surface area contributed by atoms with Crippen LogP contribution >= 0.6 is 11.9 Å². The van der Waals surface area contributed by atoms with Crippen molar-refractivity contribution in [2.45, 2.75) is 18.1 Å². The summed E-state index contributed by atoms with van der Waals surface area (Å²) in [5, 5.41) is 3.15. The molecule has 0 aliphatic rings. The number of oxazole rings is 1. The molecule has 3 aromatic rings. The maximum atomic E-state index is 12.2. The van der Waals surface area contributed by atoms with Crippen molar-refractivity contribution in [3.05, 3.63) is 54.6 Å². The van der Waals surface area contributed by atoms with E-state index in [2.05, 4.69) is 10.3 Å². The van der Waals surface area contributed by atoms with E-state index in [1.165, 1.54) is 4.31 Å². The smallest absolute Gasteiger partial charge is 0.278 e. The third kappa shape index (κ3) is 4.60. The Balaban J connectivity index is 1.49. The molecule has 1 N–H and O–H groups in total. The van der Waals surface area contributed by atoms with Gasteiger partial charge in [0.05, 0.1) is 11.9 Å². The minimum Gasteiger partial charge on any atom is -0.430 e. The Kier molecular flexibility index (Phi) is 5.35. The molecule has 25 heavy (non-hydrogen) atoms. The Morgan fingerprint density at radius 1 is 1.08 bits per heavy atom. The summed E-state index contributed by atoms with van der Waals surface area (Å²) in [6, 6.07) is 16.6. The molecule has 6 nitrogen and oxygen atoms in total. The first-order valence-corrected chi connectivity index (χ1v) is 8.54. The van der Waals surface area contributed by atoms with Crippen molar-refractivity contribution in [2.75, 3.05) is 12.4 Å². The van der Waals surface area contributed by atoms with Crippen LogP contribution in [0.25, 0.3) is 11.1 Å². The first-order valence-electron chi connectivity index (χ1n) is 7.77. The van der Waals surface area contributed by atoms with Gasteiger partial charge in [-0.15, -0.1) is 0 Å².